The zero-order valence-corrected chi connectivity index (χ0v) is 17.9. The van der Waals surface area contributed by atoms with Gasteiger partial charge in [0.15, 0.2) is 0 Å². The van der Waals surface area contributed by atoms with Crippen LogP contribution in [0, 0.1) is 18.8 Å². The molecule has 146 valence electrons. The predicted molar refractivity (Wildman–Crippen MR) is 115 cm³/mol. The topological polar surface area (TPSA) is 58.9 Å². The predicted octanol–water partition coefficient (Wildman–Crippen LogP) is 4.81. The van der Waals surface area contributed by atoms with Crippen LogP contribution >= 0.6 is 11.8 Å². The minimum Gasteiger partial charge on any atom is -0.299 e. The molecule has 1 unspecified atom stereocenters. The van der Waals surface area contributed by atoms with Gasteiger partial charge in [0.2, 0.25) is 0 Å². The van der Waals surface area contributed by atoms with Gasteiger partial charge in [-0.1, -0.05) is 45.9 Å². The van der Waals surface area contributed by atoms with Crippen LogP contribution in [-0.4, -0.2) is 28.1 Å². The van der Waals surface area contributed by atoms with Crippen LogP contribution in [0.3, 0.4) is 0 Å². The van der Waals surface area contributed by atoms with E-state index in [1.165, 1.54) is 11.8 Å². The Morgan fingerprint density at radius 3 is 2.48 bits per heavy atom. The summed E-state index contributed by atoms with van der Waals surface area (Å²) in [6.07, 6.45) is 2.34. The lowest BCUT2D eigenvalue weighted by atomic mass is 9.94. The van der Waals surface area contributed by atoms with E-state index in [4.69, 9.17) is 0 Å². The highest BCUT2D eigenvalue weighted by atomic mass is 32.2. The molecule has 0 spiro atoms. The van der Waals surface area contributed by atoms with E-state index in [9.17, 15) is 9.59 Å². The molecule has 4 nitrogen and oxygen atoms in total. The normalized spacial score (nSPS) is 16.4. The van der Waals surface area contributed by atoms with Crippen LogP contribution in [0.2, 0.25) is 0 Å². The molecule has 1 aromatic rings. The summed E-state index contributed by atoms with van der Waals surface area (Å²) in [6, 6.07) is 6.00. The first-order chi connectivity index (χ1) is 12.8. The van der Waals surface area contributed by atoms with Gasteiger partial charge in [-0.2, -0.15) is 5.10 Å². The molecule has 0 fully saturated rings. The summed E-state index contributed by atoms with van der Waals surface area (Å²) < 4.78 is 0. The van der Waals surface area contributed by atoms with Crippen molar-refractivity contribution in [3.05, 3.63) is 34.9 Å². The number of aryl methyl sites for hydroxylation is 1. The van der Waals surface area contributed by atoms with Gasteiger partial charge in [-0.15, -0.1) is 16.9 Å². The molecule has 0 aromatic heterocycles. The van der Waals surface area contributed by atoms with E-state index >= 15 is 0 Å². The number of nitrogens with zero attached hydrogens (tertiary/aromatic N) is 2. The first-order valence-electron chi connectivity index (χ1n) is 9.75. The maximum atomic E-state index is 12.5. The van der Waals surface area contributed by atoms with Gasteiger partial charge in [-0.25, -0.2) is 0 Å². The summed E-state index contributed by atoms with van der Waals surface area (Å²) in [5.74, 6) is 1.45. The van der Waals surface area contributed by atoms with Gasteiger partial charge < -0.3 is 0 Å². The van der Waals surface area contributed by atoms with E-state index in [0.29, 0.717) is 30.9 Å². The summed E-state index contributed by atoms with van der Waals surface area (Å²) in [7, 11) is 0. The Balaban J connectivity index is 1.93. The molecular weight excluding hydrogens is 356 g/mol. The zero-order chi connectivity index (χ0) is 20.0. The number of thioether (sulfide) groups is 1. The fourth-order valence-electron chi connectivity index (χ4n) is 3.20. The van der Waals surface area contributed by atoms with Gasteiger partial charge >= 0.3 is 0 Å². The summed E-state index contributed by atoms with van der Waals surface area (Å²) >= 11 is 1.52. The van der Waals surface area contributed by atoms with Crippen molar-refractivity contribution in [2.45, 2.75) is 60.3 Å². The maximum Gasteiger partial charge on any atom is 0.147 e. The van der Waals surface area contributed by atoms with Crippen LogP contribution < -0.4 is 0 Å². The van der Waals surface area contributed by atoms with Crippen LogP contribution in [0.4, 0.5) is 0 Å². The highest BCUT2D eigenvalue weighted by Crippen LogP contribution is 2.27. The third kappa shape index (κ3) is 5.86. The SMILES string of the molecule is CCC(=O)Cc1cc(CC(=O)CSC2=NN=C(C(C)C)C2CC)ccc1C. The molecule has 5 heteroatoms. The molecular formula is C22H30N2O2S. The molecule has 0 N–H and O–H groups in total. The van der Waals surface area contributed by atoms with Crippen molar-refractivity contribution >= 4 is 34.1 Å². The second kappa shape index (κ2) is 9.98. The molecule has 0 aliphatic carbocycles. The smallest absolute Gasteiger partial charge is 0.147 e. The van der Waals surface area contributed by atoms with Crippen molar-refractivity contribution in [1.29, 1.82) is 0 Å². The van der Waals surface area contributed by atoms with E-state index in [2.05, 4.69) is 31.0 Å². The second-order valence-corrected chi connectivity index (χ2v) is 8.41. The van der Waals surface area contributed by atoms with Crippen molar-refractivity contribution in [3.63, 3.8) is 0 Å². The van der Waals surface area contributed by atoms with Crippen LogP contribution in [0.1, 0.15) is 57.2 Å². The van der Waals surface area contributed by atoms with Crippen molar-refractivity contribution in [2.24, 2.45) is 22.0 Å². The Kier molecular flexibility index (Phi) is 7.96. The second-order valence-electron chi connectivity index (χ2n) is 7.41. The molecule has 0 saturated heterocycles. The number of hydrogen-bond donors (Lipinski definition) is 0. The van der Waals surface area contributed by atoms with Gasteiger partial charge in [-0.3, -0.25) is 9.59 Å². The van der Waals surface area contributed by atoms with Gasteiger partial charge in [0, 0.05) is 25.2 Å². The van der Waals surface area contributed by atoms with Crippen LogP contribution in [0.15, 0.2) is 28.4 Å². The zero-order valence-electron chi connectivity index (χ0n) is 17.0. The third-order valence-electron chi connectivity index (χ3n) is 4.90. The number of benzene rings is 1. The van der Waals surface area contributed by atoms with Crippen LogP contribution in [-0.2, 0) is 22.4 Å². The average Bonchev–Trinajstić information content (AvgIpc) is 3.05. The number of ketones is 2. The molecule has 2 rings (SSSR count). The number of Topliss-reactive ketones (excluding diaryl/α,β-unsaturated/α-hetero) is 2. The Morgan fingerprint density at radius 2 is 1.85 bits per heavy atom. The van der Waals surface area contributed by atoms with Crippen molar-refractivity contribution in [2.75, 3.05) is 5.75 Å². The van der Waals surface area contributed by atoms with Crippen molar-refractivity contribution in [1.82, 2.24) is 0 Å². The van der Waals surface area contributed by atoms with Gasteiger partial charge in [-0.05, 0) is 36.0 Å². The fraction of sp³-hybridized carbons (Fsp3) is 0.545. The van der Waals surface area contributed by atoms with Crippen LogP contribution in [0.5, 0.6) is 0 Å². The molecule has 27 heavy (non-hydrogen) atoms. The molecule has 0 radical (unpaired) electrons. The minimum atomic E-state index is 0.173. The van der Waals surface area contributed by atoms with E-state index < -0.39 is 0 Å². The molecule has 1 aliphatic heterocycles. The monoisotopic (exact) mass is 386 g/mol. The lowest BCUT2D eigenvalue weighted by Crippen LogP contribution is -2.22. The minimum absolute atomic E-state index is 0.173. The molecule has 1 aliphatic rings. The van der Waals surface area contributed by atoms with Gasteiger partial charge in [0.25, 0.3) is 0 Å². The first kappa shape index (κ1) is 21.5. The number of carbonyl (C=O) groups excluding carboxylic acids is 2. The van der Waals surface area contributed by atoms with E-state index in [-0.39, 0.29) is 17.5 Å². The molecule has 0 bridgehead atoms. The molecule has 1 heterocycles. The summed E-state index contributed by atoms with van der Waals surface area (Å²) in [5, 5.41) is 9.61. The number of hydrogen-bond acceptors (Lipinski definition) is 5. The Labute approximate surface area is 166 Å². The first-order valence-corrected chi connectivity index (χ1v) is 10.7. The van der Waals surface area contributed by atoms with Gasteiger partial charge in [0.05, 0.1) is 11.5 Å². The van der Waals surface area contributed by atoms with Crippen molar-refractivity contribution < 1.29 is 9.59 Å². The third-order valence-corrected chi connectivity index (χ3v) is 6.03. The lowest BCUT2D eigenvalue weighted by Gasteiger charge is -2.15. The highest BCUT2D eigenvalue weighted by molar-refractivity contribution is 8.14. The fourth-order valence-corrected chi connectivity index (χ4v) is 4.20. The average molecular weight is 387 g/mol. The van der Waals surface area contributed by atoms with Crippen molar-refractivity contribution in [3.8, 4) is 0 Å². The molecule has 0 saturated carbocycles. The number of rotatable bonds is 9. The Hall–Kier alpha value is -1.75. The molecule has 0 amide bonds. The summed E-state index contributed by atoms with van der Waals surface area (Å²) in [5.41, 5.74) is 4.23. The van der Waals surface area contributed by atoms with E-state index in [1.54, 1.807) is 0 Å². The Bertz CT molecular complexity index is 766. The summed E-state index contributed by atoms with van der Waals surface area (Å²) in [4.78, 5) is 24.2. The molecule has 1 atom stereocenters. The maximum absolute atomic E-state index is 12.5. The lowest BCUT2D eigenvalue weighted by molar-refractivity contribution is -0.118. The van der Waals surface area contributed by atoms with Gasteiger partial charge in [0.1, 0.15) is 16.6 Å². The standard InChI is InChI=1S/C22H30N2O2S/c1-6-18(25)12-17-10-16(9-8-15(17)5)11-19(26)13-27-22-20(7-2)21(14(3)4)23-24-22/h8-10,14,20H,6-7,11-13H2,1-5H3. The molecule has 1 aromatic carbocycles. The Morgan fingerprint density at radius 1 is 1.11 bits per heavy atom. The van der Waals surface area contributed by atoms with E-state index in [0.717, 1.165) is 33.9 Å². The van der Waals surface area contributed by atoms with Crippen LogP contribution in [0.25, 0.3) is 0 Å². The number of carbonyl (C=O) groups is 2. The van der Waals surface area contributed by atoms with E-state index in [1.807, 2.05) is 32.0 Å². The quantitative estimate of drug-likeness (QED) is 0.612. The summed E-state index contributed by atoms with van der Waals surface area (Å²) in [6.45, 7) is 10.3. The largest absolute Gasteiger partial charge is 0.299 e. The highest BCUT2D eigenvalue weighted by Gasteiger charge is 2.28.